The van der Waals surface area contributed by atoms with Crippen LogP contribution in [-0.2, 0) is 4.47 Å². The van der Waals surface area contributed by atoms with E-state index >= 15 is 0 Å². The van der Waals surface area contributed by atoms with Crippen LogP contribution in [0.15, 0.2) is 0 Å². The molecule has 11 nitrogen and oxygen atoms in total. The SMILES string of the molecule is O=C([O-])[O-].O=C([O-])[O-].O=C([O-])[O-].[Na+].[Na+].[Na+].[Na+].[O]=[U+2]=[O]. The molecule has 0 amide bonds. The van der Waals surface area contributed by atoms with Crippen molar-refractivity contribution in [2.75, 3.05) is 0 Å². The van der Waals surface area contributed by atoms with Gasteiger partial charge in [0.15, 0.2) is 0 Å². The Morgan fingerprint density at radius 1 is 0.526 bits per heavy atom. The minimum atomic E-state index is -2.51. The van der Waals surface area contributed by atoms with Gasteiger partial charge >= 0.3 is 151 Å². The van der Waals surface area contributed by atoms with E-state index in [9.17, 15) is 0 Å². The van der Waals surface area contributed by atoms with Crippen molar-refractivity contribution in [2.45, 2.75) is 0 Å². The Balaban J connectivity index is -0.0000000133. The van der Waals surface area contributed by atoms with Crippen LogP contribution in [0.2, 0.25) is 0 Å². The van der Waals surface area contributed by atoms with Gasteiger partial charge in [0.25, 0.3) is 0 Å². The number of hydrogen-bond acceptors (Lipinski definition) is 11. The van der Waals surface area contributed by atoms with Crippen molar-refractivity contribution in [3.8, 4) is 0 Å². The van der Waals surface area contributed by atoms with Crippen LogP contribution in [0.1, 0.15) is 0 Å². The van der Waals surface area contributed by atoms with Crippen LogP contribution in [0.3, 0.4) is 0 Å². The van der Waals surface area contributed by atoms with Crippen molar-refractivity contribution in [1.82, 2.24) is 0 Å². The standard InChI is InChI=1S/3CH2O3.4Na.2O.U/c3*2-1(3)4;;;;;;;/h3*(H2,2,3,4);;;;;;;/q;;;4*+1;;;+2/p-6. The third-order valence-corrected chi connectivity index (χ3v) is 0. The van der Waals surface area contributed by atoms with Crippen LogP contribution in [0, 0.1) is 27.8 Å². The molecule has 0 rings (SSSR count). The number of carboxylic acid groups (broad SMARTS) is 6. The zero-order valence-electron chi connectivity index (χ0n) is 10.5. The second kappa shape index (κ2) is 49.9. The van der Waals surface area contributed by atoms with Crippen molar-refractivity contribution in [3.05, 3.63) is 0 Å². The average molecular weight is 542 g/mol. The molecule has 0 bridgehead atoms. The second-order valence-corrected chi connectivity index (χ2v) is 1.53. The summed E-state index contributed by atoms with van der Waals surface area (Å²) in [6, 6.07) is 0. The molecule has 19 heavy (non-hydrogen) atoms. The summed E-state index contributed by atoms with van der Waals surface area (Å²) in [4.78, 5) is 25.0. The van der Waals surface area contributed by atoms with Gasteiger partial charge in [-0.05, 0) is 18.5 Å². The van der Waals surface area contributed by atoms with Crippen molar-refractivity contribution in [3.63, 3.8) is 0 Å². The normalized spacial score (nSPS) is 4.21. The van der Waals surface area contributed by atoms with Crippen molar-refractivity contribution < 1.29 is 196 Å². The summed E-state index contributed by atoms with van der Waals surface area (Å²) in [7, 11) is 0. The Morgan fingerprint density at radius 3 is 0.526 bits per heavy atom. The van der Waals surface area contributed by atoms with Gasteiger partial charge in [-0.25, -0.2) is 0 Å². The molecule has 0 saturated heterocycles. The number of carbonyl (C=O) groups excluding carboxylic acids is 3. The van der Waals surface area contributed by atoms with Gasteiger partial charge in [-0.2, -0.15) is 0 Å². The Labute approximate surface area is 209 Å². The number of rotatable bonds is 0. The first-order chi connectivity index (χ1) is 6.61. The molecule has 0 aromatic carbocycles. The van der Waals surface area contributed by atoms with Gasteiger partial charge in [0.2, 0.25) is 0 Å². The predicted octanol–water partition coefficient (Wildman–Crippen LogP) is -19.6. The number of carbonyl (C=O) groups is 3. The maximum atomic E-state index is 8.58. The van der Waals surface area contributed by atoms with Crippen LogP contribution < -0.4 is 149 Å². The van der Waals surface area contributed by atoms with E-state index in [0.717, 1.165) is 0 Å². The number of hydrogen-bond donors (Lipinski definition) is 0. The summed E-state index contributed by atoms with van der Waals surface area (Å²) in [6.45, 7) is 0. The summed E-state index contributed by atoms with van der Waals surface area (Å²) in [5.74, 6) is 0. The summed E-state index contributed by atoms with van der Waals surface area (Å²) < 4.78 is 17.2. The fourth-order valence-electron chi connectivity index (χ4n) is 0. The molecule has 0 heterocycles. The molecule has 0 radical (unpaired) electrons. The molecular weight excluding hydrogens is 542 g/mol. The fraction of sp³-hybridized carbons (Fsp3) is 0. The Kier molecular flexibility index (Phi) is 130. The van der Waals surface area contributed by atoms with E-state index in [-0.39, 0.29) is 118 Å². The average Bonchev–Trinajstić information content (AvgIpc) is 1.81. The van der Waals surface area contributed by atoms with E-state index in [0.29, 0.717) is 0 Å². The van der Waals surface area contributed by atoms with E-state index in [4.69, 9.17) is 49.5 Å². The summed E-state index contributed by atoms with van der Waals surface area (Å²) >= 11 is -2.51. The van der Waals surface area contributed by atoms with E-state index in [2.05, 4.69) is 0 Å². The first kappa shape index (κ1) is 49.6. The monoisotopic (exact) mass is 542 g/mol. The summed E-state index contributed by atoms with van der Waals surface area (Å²) in [5.41, 5.74) is 0. The first-order valence-electron chi connectivity index (χ1n) is 2.25. The maximum absolute atomic E-state index is 8.58. The first-order valence-corrected chi connectivity index (χ1v) is 5.65. The molecule has 0 spiro atoms. The van der Waals surface area contributed by atoms with Crippen LogP contribution >= 0.6 is 0 Å². The van der Waals surface area contributed by atoms with Crippen molar-refractivity contribution in [2.24, 2.45) is 0 Å². The van der Waals surface area contributed by atoms with E-state index in [1.807, 2.05) is 0 Å². The molecule has 86 valence electrons. The molecule has 0 aliphatic heterocycles. The van der Waals surface area contributed by atoms with Crippen LogP contribution in [0.5, 0.6) is 0 Å². The molecule has 0 aromatic heterocycles. The molecule has 0 aliphatic rings. The molecule has 16 heteroatoms. The predicted molar refractivity (Wildman–Crippen MR) is 17.6 cm³/mol. The zero-order valence-corrected chi connectivity index (χ0v) is 22.7. The van der Waals surface area contributed by atoms with Gasteiger partial charge in [-0.15, -0.1) is 0 Å². The van der Waals surface area contributed by atoms with E-state index < -0.39 is 46.3 Å². The Bertz CT molecular complexity index is 187. The quantitative estimate of drug-likeness (QED) is 0.261. The van der Waals surface area contributed by atoms with Gasteiger partial charge in [0.1, 0.15) is 0 Å². The molecule has 0 unspecified atom stereocenters. The summed E-state index contributed by atoms with van der Waals surface area (Å²) in [5, 5.41) is 50.0. The molecular formula is C3Na4O11U. The van der Waals surface area contributed by atoms with Crippen molar-refractivity contribution >= 4 is 18.5 Å². The van der Waals surface area contributed by atoms with Gasteiger partial charge in [-0.3, -0.25) is 0 Å². The molecule has 0 atom stereocenters. The Hall–Kier alpha value is 2.46. The van der Waals surface area contributed by atoms with Gasteiger partial charge in [0, 0.05) is 0 Å². The second-order valence-electron chi connectivity index (χ2n) is 0.833. The van der Waals surface area contributed by atoms with Crippen LogP contribution in [-0.4, -0.2) is 18.5 Å². The van der Waals surface area contributed by atoms with Crippen LogP contribution in [0.4, 0.5) is 14.4 Å². The van der Waals surface area contributed by atoms with Gasteiger partial charge in [0.05, 0.1) is 0 Å². The fourth-order valence-corrected chi connectivity index (χ4v) is 0. The molecule has 0 aliphatic carbocycles. The van der Waals surface area contributed by atoms with Gasteiger partial charge in [-0.1, -0.05) is 0 Å². The zero-order chi connectivity index (χ0) is 13.4. The minimum absolute atomic E-state index is 0. The summed E-state index contributed by atoms with van der Waals surface area (Å²) in [6.07, 6.45) is -7.00. The van der Waals surface area contributed by atoms with E-state index in [1.54, 1.807) is 0 Å². The topological polar surface area (TPSA) is 224 Å². The molecule has 0 N–H and O–H groups in total. The van der Waals surface area contributed by atoms with E-state index in [1.165, 1.54) is 0 Å². The van der Waals surface area contributed by atoms with Gasteiger partial charge < -0.3 is 45.0 Å². The molecule has 0 fully saturated rings. The van der Waals surface area contributed by atoms with Crippen molar-refractivity contribution in [1.29, 1.82) is 0 Å². The Morgan fingerprint density at radius 2 is 0.526 bits per heavy atom. The third-order valence-electron chi connectivity index (χ3n) is 0. The molecule has 0 aromatic rings. The van der Waals surface area contributed by atoms with Crippen LogP contribution in [0.25, 0.3) is 0 Å². The molecule has 0 saturated carbocycles. The third kappa shape index (κ3) is 1150.